The van der Waals surface area contributed by atoms with E-state index >= 15 is 0 Å². The minimum atomic E-state index is -0.264. The first-order chi connectivity index (χ1) is 9.61. The maximum absolute atomic E-state index is 11.5. The molecule has 0 saturated carbocycles. The summed E-state index contributed by atoms with van der Waals surface area (Å²) in [7, 11) is 0. The first-order valence-electron chi connectivity index (χ1n) is 5.77. The first kappa shape index (κ1) is 13.2. The lowest BCUT2D eigenvalue weighted by atomic mass is 10.2. The predicted molar refractivity (Wildman–Crippen MR) is 83.3 cm³/mol. The van der Waals surface area contributed by atoms with Gasteiger partial charge in [-0.15, -0.1) is 0 Å². The highest BCUT2D eigenvalue weighted by Gasteiger charge is 2.22. The Balaban J connectivity index is 1.89. The molecule has 1 aliphatic rings. The van der Waals surface area contributed by atoms with Crippen molar-refractivity contribution in [2.24, 2.45) is 0 Å². The summed E-state index contributed by atoms with van der Waals surface area (Å²) in [6, 6.07) is 11.5. The lowest BCUT2D eigenvalue weighted by molar-refractivity contribution is -0.115. The van der Waals surface area contributed by atoms with Crippen LogP contribution in [0, 0.1) is 5.41 Å². The third-order valence-electron chi connectivity index (χ3n) is 2.67. The molecular formula is C14H9BrN2O2S. The quantitative estimate of drug-likeness (QED) is 0.810. The van der Waals surface area contributed by atoms with E-state index in [4.69, 9.17) is 9.83 Å². The van der Waals surface area contributed by atoms with Crippen LogP contribution in [0.3, 0.4) is 0 Å². The van der Waals surface area contributed by atoms with Gasteiger partial charge in [0.05, 0.1) is 4.91 Å². The Morgan fingerprint density at radius 3 is 2.85 bits per heavy atom. The van der Waals surface area contributed by atoms with Crippen LogP contribution >= 0.6 is 27.7 Å². The van der Waals surface area contributed by atoms with E-state index in [9.17, 15) is 4.79 Å². The van der Waals surface area contributed by atoms with Gasteiger partial charge in [0.1, 0.15) is 11.5 Å². The summed E-state index contributed by atoms with van der Waals surface area (Å²) >= 11 is 4.51. The Morgan fingerprint density at radius 1 is 1.30 bits per heavy atom. The van der Waals surface area contributed by atoms with Gasteiger partial charge in [-0.1, -0.05) is 28.1 Å². The number of rotatable bonds is 2. The molecule has 20 heavy (non-hydrogen) atoms. The van der Waals surface area contributed by atoms with Crippen LogP contribution < -0.4 is 5.32 Å². The second-order valence-electron chi connectivity index (χ2n) is 4.11. The van der Waals surface area contributed by atoms with Gasteiger partial charge in [-0.25, -0.2) is 0 Å². The third-order valence-corrected chi connectivity index (χ3v) is 3.99. The molecule has 6 heteroatoms. The van der Waals surface area contributed by atoms with Gasteiger partial charge in [0.25, 0.3) is 5.91 Å². The summed E-state index contributed by atoms with van der Waals surface area (Å²) in [5.74, 6) is 1.06. The van der Waals surface area contributed by atoms with E-state index in [1.54, 1.807) is 12.1 Å². The monoisotopic (exact) mass is 348 g/mol. The van der Waals surface area contributed by atoms with Crippen molar-refractivity contribution in [2.75, 3.05) is 0 Å². The summed E-state index contributed by atoms with van der Waals surface area (Å²) in [6.07, 6.45) is 1.64. The van der Waals surface area contributed by atoms with Crippen molar-refractivity contribution in [3.05, 3.63) is 51.5 Å². The van der Waals surface area contributed by atoms with Crippen LogP contribution in [0.15, 0.2) is 50.2 Å². The molecule has 1 aromatic heterocycles. The van der Waals surface area contributed by atoms with E-state index in [0.717, 1.165) is 27.6 Å². The summed E-state index contributed by atoms with van der Waals surface area (Å²) < 4.78 is 6.69. The highest BCUT2D eigenvalue weighted by molar-refractivity contribution is 9.10. The molecule has 0 radical (unpaired) electrons. The Morgan fingerprint density at radius 2 is 2.15 bits per heavy atom. The van der Waals surface area contributed by atoms with Crippen molar-refractivity contribution in [1.29, 1.82) is 5.41 Å². The van der Waals surface area contributed by atoms with Crippen molar-refractivity contribution >= 4 is 44.8 Å². The van der Waals surface area contributed by atoms with Crippen molar-refractivity contribution in [3.63, 3.8) is 0 Å². The van der Waals surface area contributed by atoms with Gasteiger partial charge >= 0.3 is 0 Å². The first-order valence-corrected chi connectivity index (χ1v) is 7.38. The number of thioether (sulfide) groups is 1. The smallest absolute Gasteiger partial charge is 0.264 e. The average molecular weight is 349 g/mol. The molecule has 0 unspecified atom stereocenters. The number of carbonyl (C=O) groups excluding carboxylic acids is 1. The van der Waals surface area contributed by atoms with E-state index in [1.807, 2.05) is 30.3 Å². The van der Waals surface area contributed by atoms with Crippen molar-refractivity contribution in [2.45, 2.75) is 0 Å². The molecule has 4 nitrogen and oxygen atoms in total. The van der Waals surface area contributed by atoms with Crippen LogP contribution in [-0.4, -0.2) is 11.1 Å². The zero-order valence-electron chi connectivity index (χ0n) is 10.1. The van der Waals surface area contributed by atoms with E-state index < -0.39 is 0 Å². The van der Waals surface area contributed by atoms with E-state index in [2.05, 4.69) is 21.2 Å². The number of amidine groups is 1. The minimum Gasteiger partial charge on any atom is -0.457 e. The van der Waals surface area contributed by atoms with E-state index in [-0.39, 0.29) is 11.1 Å². The Hall–Kier alpha value is -1.79. The molecule has 1 saturated heterocycles. The maximum Gasteiger partial charge on any atom is 0.264 e. The standard InChI is InChI=1S/C14H9BrN2O2S/c15-9-3-1-2-8(6-9)11-5-4-10(19-11)7-12-13(18)17-14(16)20-12/h1-7H,(H2,16,17,18)/b12-7+. The number of carbonyl (C=O) groups is 1. The maximum atomic E-state index is 11.5. The van der Waals surface area contributed by atoms with Crippen LogP contribution in [0.4, 0.5) is 0 Å². The molecule has 100 valence electrons. The number of amides is 1. The fraction of sp³-hybridized carbons (Fsp3) is 0. The zero-order valence-corrected chi connectivity index (χ0v) is 12.5. The Kier molecular flexibility index (Phi) is 3.50. The molecule has 2 N–H and O–H groups in total. The van der Waals surface area contributed by atoms with E-state index in [0.29, 0.717) is 10.7 Å². The number of furan rings is 1. The fourth-order valence-corrected chi connectivity index (χ4v) is 2.88. The molecule has 0 spiro atoms. The number of hydrogen-bond donors (Lipinski definition) is 2. The average Bonchev–Trinajstić information content (AvgIpc) is 2.97. The number of halogens is 1. The largest absolute Gasteiger partial charge is 0.457 e. The molecule has 0 bridgehead atoms. The lowest BCUT2D eigenvalue weighted by Gasteiger charge is -1.97. The predicted octanol–water partition coefficient (Wildman–Crippen LogP) is 3.85. The number of benzene rings is 1. The van der Waals surface area contributed by atoms with E-state index in [1.165, 1.54) is 0 Å². The molecule has 2 heterocycles. The topological polar surface area (TPSA) is 66.1 Å². The number of hydrogen-bond acceptors (Lipinski definition) is 4. The van der Waals surface area contributed by atoms with Gasteiger partial charge in [-0.05, 0) is 36.0 Å². The fourth-order valence-electron chi connectivity index (χ4n) is 1.80. The second kappa shape index (κ2) is 5.30. The van der Waals surface area contributed by atoms with Crippen LogP contribution in [0.5, 0.6) is 0 Å². The van der Waals surface area contributed by atoms with Crippen LogP contribution in [0.25, 0.3) is 17.4 Å². The zero-order chi connectivity index (χ0) is 14.1. The van der Waals surface area contributed by atoms with Gasteiger partial charge in [0.2, 0.25) is 0 Å². The Bertz CT molecular complexity index is 736. The Labute approximate surface area is 127 Å². The van der Waals surface area contributed by atoms with Crippen LogP contribution in [0.2, 0.25) is 0 Å². The second-order valence-corrected chi connectivity index (χ2v) is 6.07. The molecule has 1 aliphatic heterocycles. The molecule has 0 atom stereocenters. The van der Waals surface area contributed by atoms with Gasteiger partial charge in [0, 0.05) is 16.1 Å². The van der Waals surface area contributed by atoms with Crippen molar-refractivity contribution < 1.29 is 9.21 Å². The van der Waals surface area contributed by atoms with Gasteiger partial charge < -0.3 is 9.73 Å². The third kappa shape index (κ3) is 2.71. The molecule has 1 amide bonds. The summed E-state index contributed by atoms with van der Waals surface area (Å²) in [5, 5.41) is 9.96. The molecule has 2 aromatic rings. The minimum absolute atomic E-state index is 0.139. The normalized spacial score (nSPS) is 16.8. The molecular weight excluding hydrogens is 340 g/mol. The SMILES string of the molecule is N=C1NC(=O)/C(=C\c2ccc(-c3cccc(Br)c3)o2)S1. The van der Waals surface area contributed by atoms with Gasteiger partial charge in [0.15, 0.2) is 5.17 Å². The van der Waals surface area contributed by atoms with Crippen LogP contribution in [-0.2, 0) is 4.79 Å². The molecule has 3 rings (SSSR count). The van der Waals surface area contributed by atoms with Crippen LogP contribution in [0.1, 0.15) is 5.76 Å². The van der Waals surface area contributed by atoms with Crippen molar-refractivity contribution in [3.8, 4) is 11.3 Å². The summed E-state index contributed by atoms with van der Waals surface area (Å²) in [6.45, 7) is 0. The van der Waals surface area contributed by atoms with Gasteiger partial charge in [-0.2, -0.15) is 0 Å². The highest BCUT2D eigenvalue weighted by Crippen LogP contribution is 2.29. The lowest BCUT2D eigenvalue weighted by Crippen LogP contribution is -2.18. The van der Waals surface area contributed by atoms with Crippen molar-refractivity contribution in [1.82, 2.24) is 5.32 Å². The van der Waals surface area contributed by atoms with Gasteiger partial charge in [-0.3, -0.25) is 10.2 Å². The highest BCUT2D eigenvalue weighted by atomic mass is 79.9. The molecule has 1 aromatic carbocycles. The molecule has 1 fully saturated rings. The number of nitrogens with one attached hydrogen (secondary N) is 2. The summed E-state index contributed by atoms with van der Waals surface area (Å²) in [5.41, 5.74) is 0.959. The summed E-state index contributed by atoms with van der Waals surface area (Å²) in [4.78, 5) is 12.0. The molecule has 0 aliphatic carbocycles.